The Morgan fingerprint density at radius 1 is 0.971 bits per heavy atom. The van der Waals surface area contributed by atoms with Crippen LogP contribution in [-0.4, -0.2) is 22.8 Å². The molecular weight excluding hydrogens is 438 g/mol. The molecule has 1 aromatic heterocycles. The van der Waals surface area contributed by atoms with Crippen LogP contribution in [0.15, 0.2) is 85.2 Å². The molecule has 0 bridgehead atoms. The highest BCUT2D eigenvalue weighted by Crippen LogP contribution is 2.24. The van der Waals surface area contributed by atoms with Crippen LogP contribution in [0.2, 0.25) is 0 Å². The highest BCUT2D eigenvalue weighted by atomic mass is 16.5. The van der Waals surface area contributed by atoms with Crippen LogP contribution in [0, 0.1) is 13.8 Å². The molecule has 0 saturated heterocycles. The first kappa shape index (κ1) is 23.8. The summed E-state index contributed by atoms with van der Waals surface area (Å²) < 4.78 is 13.3. The van der Waals surface area contributed by atoms with E-state index >= 15 is 0 Å². The lowest BCUT2D eigenvalue weighted by Crippen LogP contribution is -2.07. The van der Waals surface area contributed by atoms with Crippen molar-refractivity contribution in [2.75, 3.05) is 12.4 Å². The van der Waals surface area contributed by atoms with E-state index in [9.17, 15) is 4.79 Å². The van der Waals surface area contributed by atoms with Gasteiger partial charge >= 0.3 is 0 Å². The zero-order chi connectivity index (χ0) is 24.6. The Bertz CT molecular complexity index is 1340. The summed E-state index contributed by atoms with van der Waals surface area (Å²) in [5.74, 6) is 1.34. The Balaban J connectivity index is 1.38. The second-order valence-electron chi connectivity index (χ2n) is 8.30. The number of benzene rings is 3. The standard InChI is InChI=1S/C29H29N3O3/c1-21-8-4-6-10-24(21)18-32-19-26(17-30-32)31-29(33)15-13-23-12-14-28(34-3)25(16-23)20-35-27-11-7-5-9-22(27)2/h4-17,19H,18,20H2,1-3H3,(H,31,33)/b15-13+. The fourth-order valence-corrected chi connectivity index (χ4v) is 3.72. The minimum atomic E-state index is -0.228. The second-order valence-corrected chi connectivity index (χ2v) is 8.30. The number of methoxy groups -OCH3 is 1. The van der Waals surface area contributed by atoms with Gasteiger partial charge in [0.05, 0.1) is 25.5 Å². The first-order valence-corrected chi connectivity index (χ1v) is 11.4. The maximum Gasteiger partial charge on any atom is 0.248 e. The highest BCUT2D eigenvalue weighted by Gasteiger charge is 2.07. The quantitative estimate of drug-likeness (QED) is 0.317. The fourth-order valence-electron chi connectivity index (χ4n) is 3.72. The molecule has 6 nitrogen and oxygen atoms in total. The minimum Gasteiger partial charge on any atom is -0.496 e. The molecule has 4 aromatic rings. The monoisotopic (exact) mass is 467 g/mol. The van der Waals surface area contributed by atoms with Crippen LogP contribution in [0.1, 0.15) is 27.8 Å². The number of carbonyl (C=O) groups excluding carboxylic acids is 1. The summed E-state index contributed by atoms with van der Waals surface area (Å²) in [5.41, 5.74) is 5.89. The van der Waals surface area contributed by atoms with Crippen LogP contribution in [-0.2, 0) is 17.9 Å². The predicted octanol–water partition coefficient (Wildman–Crippen LogP) is 5.79. The second kappa shape index (κ2) is 11.2. The van der Waals surface area contributed by atoms with Crippen LogP contribution in [0.25, 0.3) is 6.08 Å². The van der Waals surface area contributed by atoms with Gasteiger partial charge in [0.25, 0.3) is 0 Å². The molecule has 0 aliphatic rings. The number of aromatic nitrogens is 2. The van der Waals surface area contributed by atoms with Crippen LogP contribution in [0.4, 0.5) is 5.69 Å². The van der Waals surface area contributed by atoms with Crippen molar-refractivity contribution in [1.29, 1.82) is 0 Å². The average Bonchev–Trinajstić information content (AvgIpc) is 3.30. The molecule has 3 aromatic carbocycles. The first-order chi connectivity index (χ1) is 17.0. The smallest absolute Gasteiger partial charge is 0.248 e. The lowest BCUT2D eigenvalue weighted by Gasteiger charge is -2.12. The van der Waals surface area contributed by atoms with E-state index in [0.717, 1.165) is 28.2 Å². The third-order valence-corrected chi connectivity index (χ3v) is 5.70. The number of amides is 1. The summed E-state index contributed by atoms with van der Waals surface area (Å²) in [5, 5.41) is 7.22. The molecule has 0 fully saturated rings. The maximum absolute atomic E-state index is 12.5. The number of hydrogen-bond acceptors (Lipinski definition) is 4. The number of carbonyl (C=O) groups is 1. The van der Waals surface area contributed by atoms with Crippen LogP contribution < -0.4 is 14.8 Å². The molecule has 1 heterocycles. The lowest BCUT2D eigenvalue weighted by molar-refractivity contribution is -0.111. The van der Waals surface area contributed by atoms with E-state index in [4.69, 9.17) is 9.47 Å². The summed E-state index contributed by atoms with van der Waals surface area (Å²) in [4.78, 5) is 12.5. The first-order valence-electron chi connectivity index (χ1n) is 11.4. The molecule has 0 spiro atoms. The Labute approximate surface area is 205 Å². The van der Waals surface area contributed by atoms with Crippen LogP contribution >= 0.6 is 0 Å². The number of ether oxygens (including phenoxy) is 2. The Morgan fingerprint density at radius 2 is 1.74 bits per heavy atom. The van der Waals surface area contributed by atoms with Crippen molar-refractivity contribution in [1.82, 2.24) is 9.78 Å². The number of anilines is 1. The number of hydrogen-bond donors (Lipinski definition) is 1. The van der Waals surface area contributed by atoms with E-state index in [-0.39, 0.29) is 5.91 Å². The van der Waals surface area contributed by atoms with Crippen LogP contribution in [0.3, 0.4) is 0 Å². The SMILES string of the molecule is COc1ccc(/C=C/C(=O)Nc2cnn(Cc3ccccc3C)c2)cc1COc1ccccc1C. The van der Waals surface area contributed by atoms with Gasteiger partial charge < -0.3 is 14.8 Å². The van der Waals surface area contributed by atoms with Gasteiger partial charge in [0.2, 0.25) is 5.91 Å². The van der Waals surface area contributed by atoms with Gasteiger partial charge in [-0.3, -0.25) is 9.48 Å². The van der Waals surface area contributed by atoms with Crippen molar-refractivity contribution in [3.8, 4) is 11.5 Å². The average molecular weight is 468 g/mol. The molecule has 6 heteroatoms. The zero-order valence-corrected chi connectivity index (χ0v) is 20.2. The number of rotatable bonds is 9. The molecule has 0 saturated carbocycles. The van der Waals surface area contributed by atoms with Gasteiger partial charge in [0.1, 0.15) is 18.1 Å². The van der Waals surface area contributed by atoms with Gasteiger partial charge in [0.15, 0.2) is 0 Å². The lowest BCUT2D eigenvalue weighted by atomic mass is 10.1. The van der Waals surface area contributed by atoms with Gasteiger partial charge in [-0.25, -0.2) is 0 Å². The van der Waals surface area contributed by atoms with E-state index in [2.05, 4.69) is 29.5 Å². The van der Waals surface area contributed by atoms with E-state index < -0.39 is 0 Å². The van der Waals surface area contributed by atoms with Crippen LogP contribution in [0.5, 0.6) is 11.5 Å². The predicted molar refractivity (Wildman–Crippen MR) is 139 cm³/mol. The molecule has 0 radical (unpaired) electrons. The molecule has 0 unspecified atom stereocenters. The summed E-state index contributed by atoms with van der Waals surface area (Å²) in [6, 6.07) is 21.8. The Kier molecular flexibility index (Phi) is 7.63. The topological polar surface area (TPSA) is 65.4 Å². The Hall–Kier alpha value is -4.32. The summed E-state index contributed by atoms with van der Waals surface area (Å²) in [6.45, 7) is 5.10. The molecule has 1 amide bonds. The normalized spacial score (nSPS) is 10.9. The molecule has 0 atom stereocenters. The van der Waals surface area contributed by atoms with Crippen molar-refractivity contribution in [3.63, 3.8) is 0 Å². The van der Waals surface area contributed by atoms with Gasteiger partial charge in [-0.05, 0) is 60.4 Å². The van der Waals surface area contributed by atoms with E-state index in [0.29, 0.717) is 18.8 Å². The van der Waals surface area contributed by atoms with Crippen molar-refractivity contribution in [2.45, 2.75) is 27.0 Å². The summed E-state index contributed by atoms with van der Waals surface area (Å²) >= 11 is 0. The third-order valence-electron chi connectivity index (χ3n) is 5.70. The zero-order valence-electron chi connectivity index (χ0n) is 20.2. The fraction of sp³-hybridized carbons (Fsp3) is 0.172. The van der Waals surface area contributed by atoms with Crippen molar-refractivity contribution < 1.29 is 14.3 Å². The molecular formula is C29H29N3O3. The number of nitrogens with one attached hydrogen (secondary N) is 1. The van der Waals surface area contributed by atoms with Crippen molar-refractivity contribution >= 4 is 17.7 Å². The highest BCUT2D eigenvalue weighted by molar-refractivity contribution is 6.01. The molecule has 4 rings (SSSR count). The van der Waals surface area contributed by atoms with E-state index in [1.54, 1.807) is 19.4 Å². The largest absolute Gasteiger partial charge is 0.496 e. The molecule has 35 heavy (non-hydrogen) atoms. The van der Waals surface area contributed by atoms with Gasteiger partial charge in [-0.2, -0.15) is 5.10 Å². The summed E-state index contributed by atoms with van der Waals surface area (Å²) in [6.07, 6.45) is 6.75. The third kappa shape index (κ3) is 6.38. The van der Waals surface area contributed by atoms with Gasteiger partial charge in [-0.1, -0.05) is 48.5 Å². The minimum absolute atomic E-state index is 0.228. The number of aryl methyl sites for hydroxylation is 2. The molecule has 0 aliphatic heterocycles. The molecule has 178 valence electrons. The molecule has 0 aliphatic carbocycles. The van der Waals surface area contributed by atoms with Gasteiger partial charge in [0, 0.05) is 17.8 Å². The van der Waals surface area contributed by atoms with Crippen molar-refractivity contribution in [3.05, 3.63) is 113 Å². The summed E-state index contributed by atoms with van der Waals surface area (Å²) in [7, 11) is 1.63. The van der Waals surface area contributed by atoms with E-state index in [1.165, 1.54) is 17.2 Å². The number of para-hydroxylation sites is 1. The maximum atomic E-state index is 12.5. The molecule has 1 N–H and O–H groups in total. The Morgan fingerprint density at radius 3 is 2.51 bits per heavy atom. The van der Waals surface area contributed by atoms with E-state index in [1.807, 2.05) is 72.4 Å². The van der Waals surface area contributed by atoms with Gasteiger partial charge in [-0.15, -0.1) is 0 Å². The van der Waals surface area contributed by atoms with Crippen molar-refractivity contribution in [2.24, 2.45) is 0 Å². The number of nitrogens with zero attached hydrogens (tertiary/aromatic N) is 2.